The van der Waals surface area contributed by atoms with Gasteiger partial charge in [-0.1, -0.05) is 5.16 Å². The van der Waals surface area contributed by atoms with Crippen LogP contribution in [0.2, 0.25) is 0 Å². The summed E-state index contributed by atoms with van der Waals surface area (Å²) in [7, 11) is 0. The Bertz CT molecular complexity index is 968. The Balaban J connectivity index is 1.80. The molecule has 2 amide bonds. The van der Waals surface area contributed by atoms with E-state index in [0.717, 1.165) is 12.1 Å². The molecule has 1 aromatic heterocycles. The number of carbonyl (C=O) groups is 2. The first-order valence-electron chi connectivity index (χ1n) is 7.53. The largest absolute Gasteiger partial charge is 0.355 e. The molecule has 0 fully saturated rings. The molecule has 0 spiro atoms. The topological polar surface area (TPSA) is 84.2 Å². The molecule has 0 atom stereocenters. The predicted octanol–water partition coefficient (Wildman–Crippen LogP) is 3.83. The van der Waals surface area contributed by atoms with Crippen molar-refractivity contribution in [3.63, 3.8) is 0 Å². The summed E-state index contributed by atoms with van der Waals surface area (Å²) in [4.78, 5) is 23.4. The number of carbonyl (C=O) groups excluding carboxylic acids is 2. The van der Waals surface area contributed by atoms with Crippen molar-refractivity contribution in [3.05, 3.63) is 65.9 Å². The predicted molar refractivity (Wildman–Crippen MR) is 90.6 cm³/mol. The van der Waals surface area contributed by atoms with E-state index in [9.17, 15) is 18.4 Å². The molecule has 0 saturated heterocycles. The molecule has 0 unspecified atom stereocenters. The summed E-state index contributed by atoms with van der Waals surface area (Å²) in [5.74, 6) is -2.77. The Morgan fingerprint density at radius 1 is 0.962 bits per heavy atom. The molecule has 0 bridgehead atoms. The van der Waals surface area contributed by atoms with E-state index in [-0.39, 0.29) is 22.8 Å². The van der Waals surface area contributed by atoms with Crippen LogP contribution in [0.4, 0.5) is 20.2 Å². The third kappa shape index (κ3) is 3.75. The fourth-order valence-electron chi connectivity index (χ4n) is 2.29. The van der Waals surface area contributed by atoms with Gasteiger partial charge in [0, 0.05) is 23.9 Å². The quantitative estimate of drug-likeness (QED) is 0.743. The summed E-state index contributed by atoms with van der Waals surface area (Å²) in [5, 5.41) is 8.81. The third-order valence-electron chi connectivity index (χ3n) is 3.46. The van der Waals surface area contributed by atoms with Crippen LogP contribution >= 0.6 is 0 Å². The highest BCUT2D eigenvalue weighted by Crippen LogP contribution is 2.26. The lowest BCUT2D eigenvalue weighted by Crippen LogP contribution is -2.12. The molecule has 0 aliphatic carbocycles. The monoisotopic (exact) mass is 357 g/mol. The Morgan fingerprint density at radius 2 is 1.62 bits per heavy atom. The SMILES string of the molecule is CC(=O)Nc1ccc(NC(=O)c2cnoc2-c2ccc(F)c(F)c2)cc1. The zero-order chi connectivity index (χ0) is 18.7. The van der Waals surface area contributed by atoms with Crippen molar-refractivity contribution in [2.45, 2.75) is 6.92 Å². The van der Waals surface area contributed by atoms with Crippen molar-refractivity contribution in [1.29, 1.82) is 0 Å². The molecule has 1 heterocycles. The molecule has 132 valence electrons. The van der Waals surface area contributed by atoms with E-state index in [1.807, 2.05) is 0 Å². The lowest BCUT2D eigenvalue weighted by molar-refractivity contribution is -0.114. The zero-order valence-electron chi connectivity index (χ0n) is 13.5. The molecule has 3 aromatic rings. The van der Waals surface area contributed by atoms with Crippen LogP contribution in [-0.2, 0) is 4.79 Å². The maximum absolute atomic E-state index is 13.4. The van der Waals surface area contributed by atoms with Gasteiger partial charge in [0.1, 0.15) is 5.56 Å². The first kappa shape index (κ1) is 17.3. The standard InChI is InChI=1S/C18H13F2N3O3/c1-10(24)22-12-3-5-13(6-4-12)23-18(25)14-9-21-26-17(14)11-2-7-15(19)16(20)8-11/h2-9H,1H3,(H,22,24)(H,23,25). The number of nitrogens with one attached hydrogen (secondary N) is 2. The molecule has 8 heteroatoms. The molecule has 2 aromatic carbocycles. The average molecular weight is 357 g/mol. The summed E-state index contributed by atoms with van der Waals surface area (Å²) < 4.78 is 31.5. The van der Waals surface area contributed by atoms with Gasteiger partial charge in [-0.25, -0.2) is 8.78 Å². The van der Waals surface area contributed by atoms with Crippen molar-refractivity contribution in [2.75, 3.05) is 10.6 Å². The van der Waals surface area contributed by atoms with Crippen LogP contribution in [0.3, 0.4) is 0 Å². The molecule has 0 saturated carbocycles. The Kier molecular flexibility index (Phi) is 4.74. The Morgan fingerprint density at radius 3 is 2.23 bits per heavy atom. The molecule has 6 nitrogen and oxygen atoms in total. The van der Waals surface area contributed by atoms with E-state index >= 15 is 0 Å². The Labute approximate surface area is 146 Å². The second-order valence-electron chi connectivity index (χ2n) is 5.41. The fraction of sp³-hybridized carbons (Fsp3) is 0.0556. The summed E-state index contributed by atoms with van der Waals surface area (Å²) in [6.07, 6.45) is 1.19. The van der Waals surface area contributed by atoms with Crippen molar-refractivity contribution < 1.29 is 22.9 Å². The number of hydrogen-bond acceptors (Lipinski definition) is 4. The number of aromatic nitrogens is 1. The summed E-state index contributed by atoms with van der Waals surface area (Å²) in [5.41, 5.74) is 1.32. The minimum atomic E-state index is -1.06. The third-order valence-corrected chi connectivity index (χ3v) is 3.46. The summed E-state index contributed by atoms with van der Waals surface area (Å²) >= 11 is 0. The number of hydrogen-bond donors (Lipinski definition) is 2. The molecule has 26 heavy (non-hydrogen) atoms. The van der Waals surface area contributed by atoms with Crippen LogP contribution in [0.1, 0.15) is 17.3 Å². The van der Waals surface area contributed by atoms with Crippen LogP contribution in [-0.4, -0.2) is 17.0 Å². The summed E-state index contributed by atoms with van der Waals surface area (Å²) in [6, 6.07) is 9.62. The summed E-state index contributed by atoms with van der Waals surface area (Å²) in [6.45, 7) is 1.39. The first-order valence-corrected chi connectivity index (χ1v) is 7.53. The van der Waals surface area contributed by atoms with Crippen molar-refractivity contribution in [3.8, 4) is 11.3 Å². The zero-order valence-corrected chi connectivity index (χ0v) is 13.5. The van der Waals surface area contributed by atoms with E-state index in [4.69, 9.17) is 4.52 Å². The lowest BCUT2D eigenvalue weighted by Gasteiger charge is -2.07. The van der Waals surface area contributed by atoms with Crippen molar-refractivity contribution in [2.24, 2.45) is 0 Å². The number of amides is 2. The molecule has 3 rings (SSSR count). The maximum atomic E-state index is 13.4. The first-order chi connectivity index (χ1) is 12.4. The minimum absolute atomic E-state index is 0.0243. The van der Waals surface area contributed by atoms with Crippen LogP contribution in [0.15, 0.2) is 53.2 Å². The van der Waals surface area contributed by atoms with E-state index in [0.29, 0.717) is 11.4 Å². The number of benzene rings is 2. The Hall–Kier alpha value is -3.55. The van der Waals surface area contributed by atoms with E-state index in [1.165, 1.54) is 19.2 Å². The van der Waals surface area contributed by atoms with Crippen molar-refractivity contribution >= 4 is 23.2 Å². The van der Waals surface area contributed by atoms with Crippen LogP contribution in [0.5, 0.6) is 0 Å². The fourth-order valence-corrected chi connectivity index (χ4v) is 2.29. The average Bonchev–Trinajstić information content (AvgIpc) is 3.08. The molecule has 0 aliphatic rings. The van der Waals surface area contributed by atoms with Gasteiger partial charge in [-0.15, -0.1) is 0 Å². The number of anilines is 2. The minimum Gasteiger partial charge on any atom is -0.355 e. The normalized spacial score (nSPS) is 10.4. The maximum Gasteiger partial charge on any atom is 0.261 e. The van der Waals surface area contributed by atoms with Crippen LogP contribution in [0.25, 0.3) is 11.3 Å². The number of halogens is 2. The molecule has 0 radical (unpaired) electrons. The van der Waals surface area contributed by atoms with Gasteiger partial charge in [-0.3, -0.25) is 9.59 Å². The van der Waals surface area contributed by atoms with E-state index < -0.39 is 17.5 Å². The highest BCUT2D eigenvalue weighted by Gasteiger charge is 2.19. The molecule has 0 aliphatic heterocycles. The van der Waals surface area contributed by atoms with Crippen molar-refractivity contribution in [1.82, 2.24) is 5.16 Å². The molecule has 2 N–H and O–H groups in total. The lowest BCUT2D eigenvalue weighted by atomic mass is 10.1. The van der Waals surface area contributed by atoms with Gasteiger partial charge in [0.15, 0.2) is 17.4 Å². The van der Waals surface area contributed by atoms with Gasteiger partial charge in [-0.05, 0) is 42.5 Å². The highest BCUT2D eigenvalue weighted by atomic mass is 19.2. The molecular weight excluding hydrogens is 344 g/mol. The van der Waals surface area contributed by atoms with E-state index in [2.05, 4.69) is 15.8 Å². The van der Waals surface area contributed by atoms with Gasteiger partial charge in [0.05, 0.1) is 6.20 Å². The van der Waals surface area contributed by atoms with Gasteiger partial charge in [-0.2, -0.15) is 0 Å². The van der Waals surface area contributed by atoms with E-state index in [1.54, 1.807) is 24.3 Å². The number of rotatable bonds is 4. The second kappa shape index (κ2) is 7.14. The van der Waals surface area contributed by atoms with Gasteiger partial charge < -0.3 is 15.2 Å². The van der Waals surface area contributed by atoms with Crippen LogP contribution < -0.4 is 10.6 Å². The highest BCUT2D eigenvalue weighted by molar-refractivity contribution is 6.07. The van der Waals surface area contributed by atoms with Gasteiger partial charge >= 0.3 is 0 Å². The molecular formula is C18H13F2N3O3. The second-order valence-corrected chi connectivity index (χ2v) is 5.41. The van der Waals surface area contributed by atoms with Gasteiger partial charge in [0.2, 0.25) is 5.91 Å². The van der Waals surface area contributed by atoms with Crippen LogP contribution in [0, 0.1) is 11.6 Å². The van der Waals surface area contributed by atoms with Gasteiger partial charge in [0.25, 0.3) is 5.91 Å². The number of nitrogens with zero attached hydrogens (tertiary/aromatic N) is 1. The smallest absolute Gasteiger partial charge is 0.261 e.